The molecule has 1 nitrogen and oxygen atoms in total. The van der Waals surface area contributed by atoms with Crippen molar-refractivity contribution in [2.45, 2.75) is 42.6 Å². The largest absolute Gasteiger partial charge is 0.303 e. The molecule has 1 saturated heterocycles. The van der Waals surface area contributed by atoms with Crippen LogP contribution in [0.4, 0.5) is 0 Å². The van der Waals surface area contributed by atoms with Crippen molar-refractivity contribution >= 4 is 23.5 Å². The summed E-state index contributed by atoms with van der Waals surface area (Å²) < 4.78 is 0. The van der Waals surface area contributed by atoms with E-state index in [1.54, 1.807) is 0 Å². The Morgan fingerprint density at radius 2 is 2.21 bits per heavy atom. The Hall–Kier alpha value is 0.220. The molecule has 4 unspecified atom stereocenters. The molecule has 0 bridgehead atoms. The zero-order valence-corrected chi connectivity index (χ0v) is 10.8. The van der Waals surface area contributed by atoms with Gasteiger partial charge in [-0.25, -0.2) is 0 Å². The third-order valence-corrected chi connectivity index (χ3v) is 6.04. The van der Waals surface area contributed by atoms with Crippen LogP contribution in [-0.4, -0.2) is 34.1 Å². The highest BCUT2D eigenvalue weighted by atomic mass is 32.2. The molecule has 1 aliphatic rings. The van der Waals surface area contributed by atoms with E-state index in [0.717, 1.165) is 11.8 Å². The molecule has 0 aliphatic carbocycles. The Labute approximate surface area is 96.2 Å². The van der Waals surface area contributed by atoms with E-state index in [-0.39, 0.29) is 6.04 Å². The predicted octanol–water partition coefficient (Wildman–Crippen LogP) is 2.22. The predicted molar refractivity (Wildman–Crippen MR) is 69.1 cm³/mol. The first-order chi connectivity index (χ1) is 6.69. The maximum Gasteiger partial charge on any atom is 0.0815 e. The van der Waals surface area contributed by atoms with Crippen molar-refractivity contribution in [1.82, 2.24) is 5.32 Å². The van der Waals surface area contributed by atoms with Crippen molar-refractivity contribution in [2.24, 2.45) is 0 Å². The highest BCUT2D eigenvalue weighted by Gasteiger charge is 2.29. The average Bonchev–Trinajstić information content (AvgIpc) is 2.19. The summed E-state index contributed by atoms with van der Waals surface area (Å²) in [5.41, 5.74) is 0. The van der Waals surface area contributed by atoms with Gasteiger partial charge in [-0.05, 0) is 6.54 Å². The topological polar surface area (TPSA) is 12.0 Å². The zero-order chi connectivity index (χ0) is 10.6. The summed E-state index contributed by atoms with van der Waals surface area (Å²) >= 11 is 4.09. The Bertz CT molecular complexity index is 212. The van der Waals surface area contributed by atoms with Gasteiger partial charge in [0.2, 0.25) is 0 Å². The average molecular weight is 229 g/mol. The maximum absolute atomic E-state index is 5.53. The Balaban J connectivity index is 2.48. The van der Waals surface area contributed by atoms with E-state index in [1.807, 2.05) is 23.5 Å². The lowest BCUT2D eigenvalue weighted by Gasteiger charge is -2.34. The normalized spacial score (nSPS) is 34.9. The minimum atomic E-state index is 0.243. The lowest BCUT2D eigenvalue weighted by molar-refractivity contribution is 0.624. The molecule has 0 spiro atoms. The van der Waals surface area contributed by atoms with Crippen LogP contribution in [-0.2, 0) is 0 Å². The summed E-state index contributed by atoms with van der Waals surface area (Å²) in [4.78, 5) is 0. The Morgan fingerprint density at radius 3 is 2.71 bits per heavy atom. The molecular weight excluding hydrogens is 210 g/mol. The molecule has 0 radical (unpaired) electrons. The number of hydrogen-bond donors (Lipinski definition) is 1. The first-order valence-electron chi connectivity index (χ1n) is 5.15. The molecule has 1 aliphatic heterocycles. The van der Waals surface area contributed by atoms with Gasteiger partial charge >= 0.3 is 0 Å². The number of thioether (sulfide) groups is 2. The molecule has 14 heavy (non-hydrogen) atoms. The van der Waals surface area contributed by atoms with Crippen LogP contribution >= 0.6 is 23.5 Å². The van der Waals surface area contributed by atoms with Gasteiger partial charge in [0.15, 0.2) is 0 Å². The van der Waals surface area contributed by atoms with Crippen molar-refractivity contribution in [1.29, 1.82) is 0 Å². The van der Waals surface area contributed by atoms with Gasteiger partial charge < -0.3 is 5.32 Å². The van der Waals surface area contributed by atoms with Crippen molar-refractivity contribution in [3.63, 3.8) is 0 Å². The molecular formula is C11H19NS2. The van der Waals surface area contributed by atoms with E-state index in [4.69, 9.17) is 6.42 Å². The summed E-state index contributed by atoms with van der Waals surface area (Å²) in [6.45, 7) is 7.67. The first kappa shape index (κ1) is 12.3. The summed E-state index contributed by atoms with van der Waals surface area (Å²) in [6, 6.07) is 0.243. The van der Waals surface area contributed by atoms with E-state index in [2.05, 4.69) is 32.0 Å². The highest BCUT2D eigenvalue weighted by Crippen LogP contribution is 2.36. The molecule has 0 aromatic rings. The van der Waals surface area contributed by atoms with Gasteiger partial charge in [-0.15, -0.1) is 6.42 Å². The zero-order valence-electron chi connectivity index (χ0n) is 9.12. The smallest absolute Gasteiger partial charge is 0.0815 e. The van der Waals surface area contributed by atoms with Gasteiger partial charge in [-0.3, -0.25) is 0 Å². The SMILES string of the molecule is C#CC(NCC)C1CSC(C)C(C)S1. The van der Waals surface area contributed by atoms with Crippen LogP contribution < -0.4 is 5.32 Å². The van der Waals surface area contributed by atoms with Gasteiger partial charge in [0.1, 0.15) is 0 Å². The molecule has 0 aromatic heterocycles. The molecule has 1 rings (SSSR count). The van der Waals surface area contributed by atoms with Gasteiger partial charge in [-0.2, -0.15) is 23.5 Å². The van der Waals surface area contributed by atoms with Crippen LogP contribution in [0.25, 0.3) is 0 Å². The molecule has 1 heterocycles. The molecule has 0 amide bonds. The fourth-order valence-electron chi connectivity index (χ4n) is 1.50. The second-order valence-corrected chi connectivity index (χ2v) is 6.65. The van der Waals surface area contributed by atoms with Crippen LogP contribution in [0.2, 0.25) is 0 Å². The third-order valence-electron chi connectivity index (χ3n) is 2.55. The van der Waals surface area contributed by atoms with E-state index in [1.165, 1.54) is 5.75 Å². The van der Waals surface area contributed by atoms with Crippen molar-refractivity contribution in [2.75, 3.05) is 12.3 Å². The lowest BCUT2D eigenvalue weighted by Crippen LogP contribution is -2.42. The van der Waals surface area contributed by atoms with E-state index >= 15 is 0 Å². The highest BCUT2D eigenvalue weighted by molar-refractivity contribution is 8.07. The van der Waals surface area contributed by atoms with Crippen LogP contribution in [0.15, 0.2) is 0 Å². The van der Waals surface area contributed by atoms with Gasteiger partial charge in [0.25, 0.3) is 0 Å². The second kappa shape index (κ2) is 5.95. The fourth-order valence-corrected chi connectivity index (χ4v) is 4.54. The summed E-state index contributed by atoms with van der Waals surface area (Å²) in [6.07, 6.45) is 5.53. The van der Waals surface area contributed by atoms with E-state index in [0.29, 0.717) is 10.5 Å². The number of hydrogen-bond acceptors (Lipinski definition) is 3. The minimum absolute atomic E-state index is 0.243. The molecule has 80 valence electrons. The monoisotopic (exact) mass is 229 g/mol. The maximum atomic E-state index is 5.53. The van der Waals surface area contributed by atoms with Gasteiger partial charge in [-0.1, -0.05) is 26.7 Å². The molecule has 1 fully saturated rings. The van der Waals surface area contributed by atoms with Crippen LogP contribution in [0.3, 0.4) is 0 Å². The summed E-state index contributed by atoms with van der Waals surface area (Å²) in [5, 5.41) is 5.42. The second-order valence-electron chi connectivity index (χ2n) is 3.62. The Morgan fingerprint density at radius 1 is 1.50 bits per heavy atom. The summed E-state index contributed by atoms with van der Waals surface area (Å²) in [5.74, 6) is 4.04. The summed E-state index contributed by atoms with van der Waals surface area (Å²) in [7, 11) is 0. The molecule has 0 aromatic carbocycles. The third kappa shape index (κ3) is 3.12. The minimum Gasteiger partial charge on any atom is -0.303 e. The molecule has 4 atom stereocenters. The fraction of sp³-hybridized carbons (Fsp3) is 0.818. The number of rotatable bonds is 3. The first-order valence-corrected chi connectivity index (χ1v) is 7.14. The van der Waals surface area contributed by atoms with E-state index < -0.39 is 0 Å². The van der Waals surface area contributed by atoms with E-state index in [9.17, 15) is 0 Å². The van der Waals surface area contributed by atoms with Crippen molar-refractivity contribution in [3.8, 4) is 12.3 Å². The quantitative estimate of drug-likeness (QED) is 0.745. The van der Waals surface area contributed by atoms with Crippen LogP contribution in [0.1, 0.15) is 20.8 Å². The number of terminal acetylenes is 1. The number of nitrogens with one attached hydrogen (secondary N) is 1. The molecule has 3 heteroatoms. The van der Waals surface area contributed by atoms with Gasteiger partial charge in [0, 0.05) is 21.5 Å². The molecule has 0 saturated carbocycles. The van der Waals surface area contributed by atoms with Crippen LogP contribution in [0.5, 0.6) is 0 Å². The van der Waals surface area contributed by atoms with Crippen LogP contribution in [0, 0.1) is 12.3 Å². The van der Waals surface area contributed by atoms with Crippen molar-refractivity contribution in [3.05, 3.63) is 0 Å². The van der Waals surface area contributed by atoms with Gasteiger partial charge in [0.05, 0.1) is 6.04 Å². The standard InChI is InChI=1S/C11H19NS2/c1-5-10(12-6-2)11-7-13-8(3)9(4)14-11/h1,8-12H,6-7H2,2-4H3. The lowest BCUT2D eigenvalue weighted by atomic mass is 10.2. The van der Waals surface area contributed by atoms with Crippen molar-refractivity contribution < 1.29 is 0 Å². The Kier molecular flexibility index (Phi) is 5.22. The molecule has 1 N–H and O–H groups in total.